The number of amides is 2. The molecule has 2 aliphatic rings. The minimum absolute atomic E-state index is 0.0157. The summed E-state index contributed by atoms with van der Waals surface area (Å²) in [5, 5.41) is 17.1. The lowest BCUT2D eigenvalue weighted by Crippen LogP contribution is -2.50. The molecule has 0 unspecified atom stereocenters. The Kier molecular flexibility index (Phi) is 6.54. The van der Waals surface area contributed by atoms with Crippen LogP contribution in [0.1, 0.15) is 50.0 Å². The molecule has 2 amide bonds. The van der Waals surface area contributed by atoms with E-state index < -0.39 is 0 Å². The number of nitrogens with zero attached hydrogens (tertiary/aromatic N) is 3. The normalized spacial score (nSPS) is 19.4. The van der Waals surface area contributed by atoms with E-state index >= 15 is 0 Å². The molecule has 6 nitrogen and oxygen atoms in total. The van der Waals surface area contributed by atoms with Crippen LogP contribution in [0.15, 0.2) is 30.3 Å². The van der Waals surface area contributed by atoms with E-state index in [1.807, 2.05) is 18.2 Å². The van der Waals surface area contributed by atoms with E-state index in [-0.39, 0.29) is 12.1 Å². The molecule has 1 saturated heterocycles. The first kappa shape index (κ1) is 19.3. The molecule has 2 N–H and O–H groups in total. The summed E-state index contributed by atoms with van der Waals surface area (Å²) in [6.45, 7) is 2.80. The topological polar surface area (TPSA) is 70.2 Å². The zero-order valence-corrected chi connectivity index (χ0v) is 17.1. The van der Waals surface area contributed by atoms with Crippen molar-refractivity contribution in [2.45, 2.75) is 63.6 Å². The lowest BCUT2D eigenvalue weighted by molar-refractivity contribution is 0.184. The van der Waals surface area contributed by atoms with Crippen molar-refractivity contribution in [3.05, 3.63) is 35.3 Å². The zero-order valence-electron chi connectivity index (χ0n) is 16.3. The molecule has 1 saturated carbocycles. The van der Waals surface area contributed by atoms with E-state index in [2.05, 4.69) is 37.9 Å². The number of piperidine rings is 1. The number of carbonyl (C=O) groups is 1. The van der Waals surface area contributed by atoms with Crippen molar-refractivity contribution >= 4 is 17.4 Å². The lowest BCUT2D eigenvalue weighted by Gasteiger charge is -2.32. The Morgan fingerprint density at radius 2 is 1.64 bits per heavy atom. The largest absolute Gasteiger partial charge is 0.335 e. The molecule has 28 heavy (non-hydrogen) atoms. The molecule has 0 bridgehead atoms. The Bertz CT molecular complexity index is 751. The Labute approximate surface area is 170 Å². The molecule has 2 heterocycles. The molecule has 7 heteroatoms. The molecular formula is C21H29N5OS. The van der Waals surface area contributed by atoms with Gasteiger partial charge in [0, 0.05) is 30.7 Å². The van der Waals surface area contributed by atoms with Gasteiger partial charge in [-0.3, -0.25) is 4.90 Å². The monoisotopic (exact) mass is 399 g/mol. The number of hydrogen-bond acceptors (Lipinski definition) is 5. The van der Waals surface area contributed by atoms with Crippen molar-refractivity contribution in [1.29, 1.82) is 0 Å². The highest BCUT2D eigenvalue weighted by Crippen LogP contribution is 2.24. The third kappa shape index (κ3) is 5.29. The molecule has 2 aromatic rings. The maximum Gasteiger partial charge on any atom is 0.315 e. The molecule has 150 valence electrons. The number of likely N-dealkylation sites (tertiary alicyclic amines) is 1. The summed E-state index contributed by atoms with van der Waals surface area (Å²) in [4.78, 5) is 14.6. The first-order valence-corrected chi connectivity index (χ1v) is 11.2. The SMILES string of the molecule is O=C(NC1CCCCC1)NC1CCN(Cc2nnc(-c3ccccc3)s2)CC1. The highest BCUT2D eigenvalue weighted by Gasteiger charge is 2.23. The van der Waals surface area contributed by atoms with Crippen molar-refractivity contribution < 1.29 is 4.79 Å². The van der Waals surface area contributed by atoms with Crippen molar-refractivity contribution in [2.24, 2.45) is 0 Å². The first-order chi connectivity index (χ1) is 13.8. The maximum absolute atomic E-state index is 12.2. The molecule has 0 atom stereocenters. The fourth-order valence-electron chi connectivity index (χ4n) is 4.10. The molecule has 0 spiro atoms. The highest BCUT2D eigenvalue weighted by atomic mass is 32.1. The fourth-order valence-corrected chi connectivity index (χ4v) is 4.99. The van der Waals surface area contributed by atoms with Crippen LogP contribution in [0.5, 0.6) is 0 Å². The van der Waals surface area contributed by atoms with Crippen LogP contribution in [0, 0.1) is 0 Å². The third-order valence-electron chi connectivity index (χ3n) is 5.71. The van der Waals surface area contributed by atoms with Crippen LogP contribution in [0.3, 0.4) is 0 Å². The minimum atomic E-state index is 0.0157. The van der Waals surface area contributed by atoms with E-state index in [4.69, 9.17) is 0 Å². The van der Waals surface area contributed by atoms with Gasteiger partial charge in [-0.1, -0.05) is 60.9 Å². The van der Waals surface area contributed by atoms with Crippen molar-refractivity contribution in [1.82, 2.24) is 25.7 Å². The second-order valence-corrected chi connectivity index (χ2v) is 8.93. The summed E-state index contributed by atoms with van der Waals surface area (Å²) in [7, 11) is 0. The average Bonchev–Trinajstić information content (AvgIpc) is 3.19. The van der Waals surface area contributed by atoms with Crippen LogP contribution in [0.25, 0.3) is 10.6 Å². The number of nitrogens with one attached hydrogen (secondary N) is 2. The van der Waals surface area contributed by atoms with Gasteiger partial charge in [0.2, 0.25) is 0 Å². The van der Waals surface area contributed by atoms with Gasteiger partial charge in [0.25, 0.3) is 0 Å². The van der Waals surface area contributed by atoms with Crippen LogP contribution in [0.2, 0.25) is 0 Å². The number of benzene rings is 1. The summed E-state index contributed by atoms with van der Waals surface area (Å²) in [5.41, 5.74) is 1.12. The van der Waals surface area contributed by atoms with Crippen molar-refractivity contribution in [3.63, 3.8) is 0 Å². The first-order valence-electron chi connectivity index (χ1n) is 10.4. The zero-order chi connectivity index (χ0) is 19.2. The van der Waals surface area contributed by atoms with Gasteiger partial charge >= 0.3 is 6.03 Å². The van der Waals surface area contributed by atoms with Gasteiger partial charge in [-0.25, -0.2) is 4.79 Å². The summed E-state index contributed by atoms with van der Waals surface area (Å²) >= 11 is 1.67. The predicted molar refractivity (Wildman–Crippen MR) is 112 cm³/mol. The molecule has 1 aliphatic heterocycles. The van der Waals surface area contributed by atoms with Crippen LogP contribution < -0.4 is 10.6 Å². The number of carbonyl (C=O) groups excluding carboxylic acids is 1. The van der Waals surface area contributed by atoms with Gasteiger partial charge < -0.3 is 10.6 Å². The van der Waals surface area contributed by atoms with E-state index in [0.717, 1.165) is 60.9 Å². The smallest absolute Gasteiger partial charge is 0.315 e. The molecule has 1 aromatic carbocycles. The standard InChI is InChI=1S/C21H29N5OS/c27-21(22-17-9-5-2-6-10-17)23-18-11-13-26(14-12-18)15-19-24-25-20(28-19)16-7-3-1-4-8-16/h1,3-4,7-8,17-18H,2,5-6,9-15H2,(H2,22,23,27). The van der Waals surface area contributed by atoms with Gasteiger partial charge in [0.05, 0.1) is 6.54 Å². The molecule has 1 aromatic heterocycles. The van der Waals surface area contributed by atoms with Crippen molar-refractivity contribution in [2.75, 3.05) is 13.1 Å². The lowest BCUT2D eigenvalue weighted by atomic mass is 9.96. The predicted octanol–water partition coefficient (Wildman–Crippen LogP) is 3.80. The van der Waals surface area contributed by atoms with E-state index in [1.165, 1.54) is 19.3 Å². The van der Waals surface area contributed by atoms with Gasteiger partial charge in [-0.15, -0.1) is 10.2 Å². The summed E-state index contributed by atoms with van der Waals surface area (Å²) in [6, 6.07) is 10.9. The fraction of sp³-hybridized carbons (Fsp3) is 0.571. The second kappa shape index (κ2) is 9.47. The molecular weight excluding hydrogens is 370 g/mol. The summed E-state index contributed by atoms with van der Waals surface area (Å²) < 4.78 is 0. The van der Waals surface area contributed by atoms with Crippen LogP contribution in [0.4, 0.5) is 4.79 Å². The third-order valence-corrected chi connectivity index (χ3v) is 6.67. The maximum atomic E-state index is 12.2. The second-order valence-electron chi connectivity index (χ2n) is 7.87. The number of rotatable bonds is 5. The Hall–Kier alpha value is -1.99. The van der Waals surface area contributed by atoms with E-state index in [9.17, 15) is 4.79 Å². The van der Waals surface area contributed by atoms with Crippen molar-refractivity contribution in [3.8, 4) is 10.6 Å². The van der Waals surface area contributed by atoms with E-state index in [1.54, 1.807) is 11.3 Å². The quantitative estimate of drug-likeness (QED) is 0.802. The molecule has 2 fully saturated rings. The Balaban J connectivity index is 1.20. The Morgan fingerprint density at radius 3 is 2.36 bits per heavy atom. The minimum Gasteiger partial charge on any atom is -0.335 e. The summed E-state index contributed by atoms with van der Waals surface area (Å²) in [6.07, 6.45) is 8.00. The average molecular weight is 400 g/mol. The van der Waals surface area contributed by atoms with Gasteiger partial charge in [-0.05, 0) is 25.7 Å². The Morgan fingerprint density at radius 1 is 0.964 bits per heavy atom. The molecule has 1 aliphatic carbocycles. The summed E-state index contributed by atoms with van der Waals surface area (Å²) in [5.74, 6) is 0. The highest BCUT2D eigenvalue weighted by molar-refractivity contribution is 7.14. The van der Waals surface area contributed by atoms with Gasteiger partial charge in [0.1, 0.15) is 10.0 Å². The number of urea groups is 1. The van der Waals surface area contributed by atoms with Gasteiger partial charge in [0.15, 0.2) is 0 Å². The van der Waals surface area contributed by atoms with Crippen LogP contribution in [-0.4, -0.2) is 46.3 Å². The van der Waals surface area contributed by atoms with Crippen LogP contribution in [-0.2, 0) is 6.54 Å². The van der Waals surface area contributed by atoms with Gasteiger partial charge in [-0.2, -0.15) is 0 Å². The number of hydrogen-bond donors (Lipinski definition) is 2. The number of aromatic nitrogens is 2. The molecule has 4 rings (SSSR count). The van der Waals surface area contributed by atoms with Crippen LogP contribution >= 0.6 is 11.3 Å². The van der Waals surface area contributed by atoms with E-state index in [0.29, 0.717) is 6.04 Å². The molecule has 0 radical (unpaired) electrons.